The van der Waals surface area contributed by atoms with Crippen LogP contribution in [0.3, 0.4) is 0 Å². The lowest BCUT2D eigenvalue weighted by atomic mass is 9.70. The van der Waals surface area contributed by atoms with Crippen LogP contribution in [-0.4, -0.2) is 0 Å². The molecule has 0 fully saturated rings. The Balaban J connectivity index is 0.00000179. The van der Waals surface area contributed by atoms with E-state index in [1.54, 1.807) is 0 Å². The molecule has 0 aromatic heterocycles. The molecule has 0 saturated heterocycles. The summed E-state index contributed by atoms with van der Waals surface area (Å²) in [7, 11) is 0. The van der Waals surface area contributed by atoms with E-state index in [1.807, 2.05) is 13.8 Å². The molecule has 0 aliphatic heterocycles. The molecule has 10 aromatic rings. The van der Waals surface area contributed by atoms with Gasteiger partial charge >= 0.3 is 0 Å². The lowest BCUT2D eigenvalue weighted by Gasteiger charge is -2.31. The molecule has 1 nitrogen and oxygen atoms in total. The van der Waals surface area contributed by atoms with Crippen LogP contribution in [0.1, 0.15) is 58.8 Å². The van der Waals surface area contributed by atoms with Crippen LogP contribution in [0, 0.1) is 0 Å². The van der Waals surface area contributed by atoms with Crippen molar-refractivity contribution in [2.45, 2.75) is 31.8 Å². The van der Waals surface area contributed by atoms with E-state index in [9.17, 15) is 0 Å². The number of hydrogen-bond acceptors (Lipinski definition) is 1. The molecule has 56 heavy (non-hydrogen) atoms. The molecule has 0 heterocycles. The Bertz CT molecular complexity index is 3070. The van der Waals surface area contributed by atoms with E-state index in [4.69, 9.17) is 0 Å². The van der Waals surface area contributed by atoms with E-state index in [0.29, 0.717) is 0 Å². The Hall–Kier alpha value is -6.54. The van der Waals surface area contributed by atoms with Crippen molar-refractivity contribution in [2.24, 2.45) is 0 Å². The van der Waals surface area contributed by atoms with Crippen molar-refractivity contribution in [3.8, 4) is 11.1 Å². The number of hydrogen-bond donors (Lipinski definition) is 1. The molecule has 2 aliphatic rings. The van der Waals surface area contributed by atoms with Crippen LogP contribution < -0.4 is 5.32 Å². The van der Waals surface area contributed by atoms with Gasteiger partial charge in [0, 0.05) is 6.54 Å². The largest absolute Gasteiger partial charge is 0.302 e. The van der Waals surface area contributed by atoms with Gasteiger partial charge in [-0.1, -0.05) is 190 Å². The minimum absolute atomic E-state index is 0.0264. The monoisotopic (exact) mass is 715 g/mol. The zero-order valence-electron chi connectivity index (χ0n) is 31.7. The maximum atomic E-state index is 4.04. The van der Waals surface area contributed by atoms with E-state index >= 15 is 0 Å². The van der Waals surface area contributed by atoms with Gasteiger partial charge in [-0.25, -0.2) is 0 Å². The van der Waals surface area contributed by atoms with E-state index in [1.165, 1.54) is 104 Å². The molecule has 0 bridgehead atoms. The van der Waals surface area contributed by atoms with E-state index in [0.717, 1.165) is 6.54 Å². The summed E-state index contributed by atoms with van der Waals surface area (Å²) in [5.74, 6) is 0. The van der Waals surface area contributed by atoms with Crippen LogP contribution >= 0.6 is 0 Å². The highest BCUT2D eigenvalue weighted by molar-refractivity contribution is 6.25. The molecule has 0 saturated carbocycles. The lowest BCUT2D eigenvalue weighted by Crippen LogP contribution is -2.26. The minimum Gasteiger partial charge on any atom is -0.302 e. The molecule has 1 atom stereocenters. The van der Waals surface area contributed by atoms with Crippen molar-refractivity contribution in [1.82, 2.24) is 5.32 Å². The second kappa shape index (κ2) is 12.8. The lowest BCUT2D eigenvalue weighted by molar-refractivity contribution is 0.605. The van der Waals surface area contributed by atoms with E-state index in [2.05, 4.69) is 193 Å². The van der Waals surface area contributed by atoms with Crippen LogP contribution in [0.2, 0.25) is 0 Å². The van der Waals surface area contributed by atoms with Gasteiger partial charge in [0.05, 0.1) is 11.5 Å². The highest BCUT2D eigenvalue weighted by Gasteiger charge is 2.50. The summed E-state index contributed by atoms with van der Waals surface area (Å²) in [6, 6.07) is 70.6. The maximum absolute atomic E-state index is 4.04. The SMILES string of the molecule is CC.c1ccc(CNC(c2ccc3c(c2)-c2ccccc2C32c3cccc4ccc5cccc2c5c34)c2ccc3c4ccccc4c4ccccc4c3c2)cc1. The number of rotatable bonds is 5. The molecule has 1 spiro atoms. The summed E-state index contributed by atoms with van der Waals surface area (Å²) < 4.78 is 0. The smallest absolute Gasteiger partial charge is 0.0725 e. The Morgan fingerprint density at radius 3 is 1.55 bits per heavy atom. The Morgan fingerprint density at radius 2 is 0.893 bits per heavy atom. The quantitative estimate of drug-likeness (QED) is 0.175. The Morgan fingerprint density at radius 1 is 0.393 bits per heavy atom. The predicted molar refractivity (Wildman–Crippen MR) is 238 cm³/mol. The highest BCUT2D eigenvalue weighted by atomic mass is 14.9. The minimum atomic E-state index is -0.358. The standard InChI is InChI=1S/C53H35N.C2H6/c1-2-12-33(13-3-1)32-54-52(36-26-28-42-40-18-5-4-16-38(40)39-17-6-7-19-41(39)44(42)30-36)37-27-29-47-45(31-37)43-20-8-9-21-46(43)53(47)48-22-10-14-34-24-25-35-15-11-23-49(53)51(35)50(34)48;1-2/h1-31,52,54H,32H2;1-2H3. The second-order valence-corrected chi connectivity index (χ2v) is 15.2. The van der Waals surface area contributed by atoms with Crippen LogP contribution in [0.5, 0.6) is 0 Å². The third-order valence-electron chi connectivity index (χ3n) is 12.6. The van der Waals surface area contributed by atoms with Crippen molar-refractivity contribution < 1.29 is 0 Å². The summed E-state index contributed by atoms with van der Waals surface area (Å²) in [5, 5.41) is 17.3. The fraction of sp³-hybridized carbons (Fsp3) is 0.0909. The van der Waals surface area contributed by atoms with Gasteiger partial charge in [0.15, 0.2) is 0 Å². The molecular weight excluding hydrogens is 675 g/mol. The van der Waals surface area contributed by atoms with Gasteiger partial charge in [0.25, 0.3) is 0 Å². The third-order valence-corrected chi connectivity index (χ3v) is 12.6. The summed E-state index contributed by atoms with van der Waals surface area (Å²) in [4.78, 5) is 0. The zero-order chi connectivity index (χ0) is 37.4. The summed E-state index contributed by atoms with van der Waals surface area (Å²) in [6.07, 6.45) is 0. The molecule has 0 radical (unpaired) electrons. The van der Waals surface area contributed by atoms with E-state index < -0.39 is 0 Å². The summed E-state index contributed by atoms with van der Waals surface area (Å²) >= 11 is 0. The van der Waals surface area contributed by atoms with Crippen molar-refractivity contribution >= 4 is 53.9 Å². The van der Waals surface area contributed by atoms with E-state index in [-0.39, 0.29) is 11.5 Å². The normalized spacial score (nSPS) is 13.8. The fourth-order valence-electron chi connectivity index (χ4n) is 10.3. The second-order valence-electron chi connectivity index (χ2n) is 15.2. The molecule has 1 N–H and O–H groups in total. The predicted octanol–water partition coefficient (Wildman–Crippen LogP) is 14.0. The third kappa shape index (κ3) is 4.53. The average Bonchev–Trinajstić information content (AvgIpc) is 3.75. The molecule has 1 heteroatoms. The van der Waals surface area contributed by atoms with Gasteiger partial charge in [0.2, 0.25) is 0 Å². The molecule has 10 aromatic carbocycles. The van der Waals surface area contributed by atoms with Crippen LogP contribution in [0.25, 0.3) is 65.0 Å². The first-order chi connectivity index (χ1) is 27.8. The maximum Gasteiger partial charge on any atom is 0.0725 e. The first kappa shape index (κ1) is 32.9. The first-order valence-corrected chi connectivity index (χ1v) is 20.1. The van der Waals surface area contributed by atoms with Gasteiger partial charge < -0.3 is 5.32 Å². The molecular formula is C55H41N. The molecule has 1 unspecified atom stereocenters. The number of benzene rings is 10. The Labute approximate surface area is 327 Å². The van der Waals surface area contributed by atoms with Crippen LogP contribution in [-0.2, 0) is 12.0 Å². The van der Waals surface area contributed by atoms with Crippen molar-refractivity contribution in [1.29, 1.82) is 0 Å². The zero-order valence-corrected chi connectivity index (χ0v) is 31.7. The molecule has 2 aliphatic carbocycles. The van der Waals surface area contributed by atoms with Crippen molar-refractivity contribution in [3.63, 3.8) is 0 Å². The summed E-state index contributed by atoms with van der Waals surface area (Å²) in [6.45, 7) is 4.76. The van der Waals surface area contributed by atoms with Crippen molar-refractivity contribution in [3.05, 3.63) is 227 Å². The summed E-state index contributed by atoms with van der Waals surface area (Å²) in [5.41, 5.74) is 11.7. The number of nitrogens with one attached hydrogen (secondary N) is 1. The van der Waals surface area contributed by atoms with Crippen molar-refractivity contribution in [2.75, 3.05) is 0 Å². The van der Waals surface area contributed by atoms with Crippen LogP contribution in [0.4, 0.5) is 0 Å². The average molecular weight is 716 g/mol. The topological polar surface area (TPSA) is 12.0 Å². The molecule has 0 amide bonds. The molecule has 266 valence electrons. The first-order valence-electron chi connectivity index (χ1n) is 20.1. The fourth-order valence-corrected chi connectivity index (χ4v) is 10.3. The van der Waals surface area contributed by atoms with Gasteiger partial charge in [-0.05, 0) is 116 Å². The van der Waals surface area contributed by atoms with Crippen LogP contribution in [0.15, 0.2) is 188 Å². The van der Waals surface area contributed by atoms with Gasteiger partial charge in [-0.2, -0.15) is 0 Å². The van der Waals surface area contributed by atoms with Gasteiger partial charge in [-0.15, -0.1) is 0 Å². The number of fused-ring (bicyclic) bond motifs is 13. The Kier molecular flexibility index (Phi) is 7.49. The molecule has 12 rings (SSSR count). The van der Waals surface area contributed by atoms with Gasteiger partial charge in [0.1, 0.15) is 0 Å². The highest BCUT2D eigenvalue weighted by Crippen LogP contribution is 2.62. The van der Waals surface area contributed by atoms with Gasteiger partial charge in [-0.3, -0.25) is 0 Å².